The molecule has 1 aliphatic carbocycles. The summed E-state index contributed by atoms with van der Waals surface area (Å²) in [6.07, 6.45) is -1.36. The van der Waals surface area contributed by atoms with Crippen LogP contribution in [-0.2, 0) is 4.79 Å². The average Bonchev–Trinajstić information content (AvgIpc) is 2.93. The summed E-state index contributed by atoms with van der Waals surface area (Å²) in [4.78, 5) is 13.5. The lowest BCUT2D eigenvalue weighted by Crippen LogP contribution is -2.45. The van der Waals surface area contributed by atoms with Crippen LogP contribution < -0.4 is 5.32 Å². The van der Waals surface area contributed by atoms with Crippen molar-refractivity contribution in [1.82, 2.24) is 10.2 Å². The number of carbonyl (C=O) groups is 1. The second-order valence-corrected chi connectivity index (χ2v) is 5.24. The van der Waals surface area contributed by atoms with Gasteiger partial charge in [-0.15, -0.1) is 12.4 Å². The number of nitrogens with one attached hydrogen (secondary N) is 1. The molecule has 0 bridgehead atoms. The third-order valence-electron chi connectivity index (χ3n) is 3.51. The third kappa shape index (κ3) is 5.57. The largest absolute Gasteiger partial charge is 0.390 e. The highest BCUT2D eigenvalue weighted by atomic mass is 35.5. The summed E-state index contributed by atoms with van der Waals surface area (Å²) < 4.78 is 36.8. The van der Waals surface area contributed by atoms with Gasteiger partial charge in [0.2, 0.25) is 5.91 Å². The van der Waals surface area contributed by atoms with Gasteiger partial charge in [-0.1, -0.05) is 0 Å². The van der Waals surface area contributed by atoms with Crippen molar-refractivity contribution in [2.75, 3.05) is 19.6 Å². The molecule has 2 aliphatic rings. The summed E-state index contributed by atoms with van der Waals surface area (Å²) >= 11 is 0. The molecule has 1 amide bonds. The van der Waals surface area contributed by atoms with E-state index in [0.29, 0.717) is 12.5 Å². The monoisotopic (exact) mass is 300 g/mol. The Morgan fingerprint density at radius 2 is 1.95 bits per heavy atom. The zero-order valence-electron chi connectivity index (χ0n) is 10.7. The SMILES string of the molecule is Cl.O=C(C1CCCN1)N(CCC(F)(F)F)CC1CC1. The van der Waals surface area contributed by atoms with Gasteiger partial charge in [0, 0.05) is 13.1 Å². The fraction of sp³-hybridized carbons (Fsp3) is 0.917. The van der Waals surface area contributed by atoms with Crippen LogP contribution in [-0.4, -0.2) is 42.7 Å². The van der Waals surface area contributed by atoms with Gasteiger partial charge in [-0.05, 0) is 38.1 Å². The van der Waals surface area contributed by atoms with Gasteiger partial charge in [0.1, 0.15) is 0 Å². The van der Waals surface area contributed by atoms with Crippen LogP contribution in [0.25, 0.3) is 0 Å². The van der Waals surface area contributed by atoms with Gasteiger partial charge >= 0.3 is 6.18 Å². The lowest BCUT2D eigenvalue weighted by molar-refractivity contribution is -0.146. The predicted octanol–water partition coefficient (Wildman–Crippen LogP) is 2.35. The fourth-order valence-corrected chi connectivity index (χ4v) is 2.28. The number of halogens is 4. The Morgan fingerprint density at radius 3 is 2.42 bits per heavy atom. The number of nitrogens with zero attached hydrogens (tertiary/aromatic N) is 1. The Kier molecular flexibility index (Phi) is 5.92. The standard InChI is InChI=1S/C12H19F3N2O.ClH/c13-12(14,15)5-7-17(8-9-3-4-9)11(18)10-2-1-6-16-10;/h9-10,16H,1-8H2;1H. The molecule has 0 aromatic carbocycles. The predicted molar refractivity (Wildman–Crippen MR) is 68.2 cm³/mol. The van der Waals surface area contributed by atoms with E-state index in [2.05, 4.69) is 5.32 Å². The Bertz CT molecular complexity index is 302. The molecule has 3 nitrogen and oxygen atoms in total. The van der Waals surface area contributed by atoms with Gasteiger partial charge in [-0.25, -0.2) is 0 Å². The number of hydrogen-bond acceptors (Lipinski definition) is 2. The molecule has 0 aromatic rings. The van der Waals surface area contributed by atoms with Crippen LogP contribution in [0.1, 0.15) is 32.1 Å². The second kappa shape index (κ2) is 6.79. The molecule has 1 N–H and O–H groups in total. The molecule has 2 fully saturated rings. The van der Waals surface area contributed by atoms with E-state index in [1.165, 1.54) is 4.90 Å². The maximum absolute atomic E-state index is 12.3. The van der Waals surface area contributed by atoms with E-state index in [4.69, 9.17) is 0 Å². The van der Waals surface area contributed by atoms with Crippen molar-refractivity contribution >= 4 is 18.3 Å². The molecule has 2 rings (SSSR count). The van der Waals surface area contributed by atoms with Crippen LogP contribution in [0.3, 0.4) is 0 Å². The molecule has 19 heavy (non-hydrogen) atoms. The Morgan fingerprint density at radius 1 is 1.26 bits per heavy atom. The lowest BCUT2D eigenvalue weighted by Gasteiger charge is -2.26. The Labute approximate surface area is 117 Å². The summed E-state index contributed by atoms with van der Waals surface area (Å²) in [6, 6.07) is -0.267. The second-order valence-electron chi connectivity index (χ2n) is 5.24. The highest BCUT2D eigenvalue weighted by Crippen LogP contribution is 2.31. The van der Waals surface area contributed by atoms with Crippen molar-refractivity contribution in [1.29, 1.82) is 0 Å². The van der Waals surface area contributed by atoms with Gasteiger partial charge < -0.3 is 10.2 Å². The van der Waals surface area contributed by atoms with E-state index in [1.807, 2.05) is 0 Å². The highest BCUT2D eigenvalue weighted by Gasteiger charge is 2.34. The number of amides is 1. The highest BCUT2D eigenvalue weighted by molar-refractivity contribution is 5.85. The van der Waals surface area contributed by atoms with E-state index >= 15 is 0 Å². The van der Waals surface area contributed by atoms with Gasteiger partial charge in [0.25, 0.3) is 0 Å². The Balaban J connectivity index is 0.00000180. The van der Waals surface area contributed by atoms with Crippen LogP contribution in [0, 0.1) is 5.92 Å². The van der Waals surface area contributed by atoms with Gasteiger partial charge in [0.15, 0.2) is 0 Å². The normalized spacial score (nSPS) is 23.0. The van der Waals surface area contributed by atoms with E-state index in [1.54, 1.807) is 0 Å². The molecule has 1 saturated carbocycles. The quantitative estimate of drug-likeness (QED) is 0.845. The zero-order chi connectivity index (χ0) is 13.2. The molecular formula is C12H20ClF3N2O. The minimum Gasteiger partial charge on any atom is -0.341 e. The molecule has 0 aromatic heterocycles. The van der Waals surface area contributed by atoms with Crippen LogP contribution >= 0.6 is 12.4 Å². The van der Waals surface area contributed by atoms with Crippen molar-refractivity contribution in [3.05, 3.63) is 0 Å². The van der Waals surface area contributed by atoms with E-state index < -0.39 is 12.6 Å². The molecule has 1 unspecified atom stereocenters. The molecule has 7 heteroatoms. The van der Waals surface area contributed by atoms with Crippen LogP contribution in [0.15, 0.2) is 0 Å². The van der Waals surface area contributed by atoms with E-state index in [0.717, 1.165) is 32.2 Å². The summed E-state index contributed by atoms with van der Waals surface area (Å²) in [5, 5.41) is 3.06. The van der Waals surface area contributed by atoms with Crippen molar-refractivity contribution < 1.29 is 18.0 Å². The first-order valence-corrected chi connectivity index (χ1v) is 6.54. The van der Waals surface area contributed by atoms with Crippen LogP contribution in [0.4, 0.5) is 13.2 Å². The maximum Gasteiger partial charge on any atom is 0.390 e. The maximum atomic E-state index is 12.3. The third-order valence-corrected chi connectivity index (χ3v) is 3.51. The molecule has 1 heterocycles. The summed E-state index contributed by atoms with van der Waals surface area (Å²) in [7, 11) is 0. The van der Waals surface area contributed by atoms with E-state index in [-0.39, 0.29) is 30.9 Å². The minimum absolute atomic E-state index is 0. The first-order valence-electron chi connectivity index (χ1n) is 6.54. The number of alkyl halides is 3. The number of carbonyl (C=O) groups excluding carboxylic acids is 1. The summed E-state index contributed by atoms with van der Waals surface area (Å²) in [5.41, 5.74) is 0. The van der Waals surface area contributed by atoms with Gasteiger partial charge in [0.05, 0.1) is 12.5 Å². The Hall–Kier alpha value is -0.490. The molecule has 1 aliphatic heterocycles. The molecular weight excluding hydrogens is 281 g/mol. The molecule has 1 atom stereocenters. The van der Waals surface area contributed by atoms with Crippen molar-refractivity contribution in [3.63, 3.8) is 0 Å². The lowest BCUT2D eigenvalue weighted by atomic mass is 10.2. The van der Waals surface area contributed by atoms with Crippen molar-refractivity contribution in [3.8, 4) is 0 Å². The molecule has 1 saturated heterocycles. The van der Waals surface area contributed by atoms with Crippen molar-refractivity contribution in [2.24, 2.45) is 5.92 Å². The number of rotatable bonds is 5. The van der Waals surface area contributed by atoms with Gasteiger partial charge in [-0.2, -0.15) is 13.2 Å². The summed E-state index contributed by atoms with van der Waals surface area (Å²) in [6.45, 7) is 1.08. The molecule has 0 spiro atoms. The van der Waals surface area contributed by atoms with Gasteiger partial charge in [-0.3, -0.25) is 4.79 Å². The topological polar surface area (TPSA) is 32.3 Å². The fourth-order valence-electron chi connectivity index (χ4n) is 2.28. The molecule has 112 valence electrons. The van der Waals surface area contributed by atoms with E-state index in [9.17, 15) is 18.0 Å². The van der Waals surface area contributed by atoms with Crippen LogP contribution in [0.5, 0.6) is 0 Å². The first-order chi connectivity index (χ1) is 8.46. The average molecular weight is 301 g/mol. The zero-order valence-corrected chi connectivity index (χ0v) is 11.5. The van der Waals surface area contributed by atoms with Crippen molar-refractivity contribution in [2.45, 2.75) is 44.3 Å². The number of hydrogen-bond donors (Lipinski definition) is 1. The van der Waals surface area contributed by atoms with Crippen LogP contribution in [0.2, 0.25) is 0 Å². The first kappa shape index (κ1) is 16.6. The minimum atomic E-state index is -4.19. The summed E-state index contributed by atoms with van der Waals surface area (Å²) in [5.74, 6) is 0.271. The molecule has 0 radical (unpaired) electrons. The smallest absolute Gasteiger partial charge is 0.341 e.